The zero-order valence-corrected chi connectivity index (χ0v) is 12.1. The van der Waals surface area contributed by atoms with Crippen LogP contribution in [-0.4, -0.2) is 19.6 Å². The molecule has 0 N–H and O–H groups in total. The van der Waals surface area contributed by atoms with Crippen LogP contribution in [0.5, 0.6) is 0 Å². The van der Waals surface area contributed by atoms with Crippen molar-refractivity contribution >= 4 is 5.65 Å². The number of aromatic nitrogens is 4. The van der Waals surface area contributed by atoms with E-state index in [1.165, 1.54) is 5.56 Å². The first kappa shape index (κ1) is 13.0. The van der Waals surface area contributed by atoms with E-state index in [-0.39, 0.29) is 0 Å². The molecule has 0 amide bonds. The Balaban J connectivity index is 2.84. The van der Waals surface area contributed by atoms with E-state index in [2.05, 4.69) is 51.7 Å². The van der Waals surface area contributed by atoms with Crippen molar-refractivity contribution in [3.8, 4) is 0 Å². The minimum absolute atomic E-state index is 0.363. The molecular weight excluding hydrogens is 224 g/mol. The monoisotopic (exact) mass is 246 g/mol. The van der Waals surface area contributed by atoms with Crippen LogP contribution in [0.1, 0.15) is 76.4 Å². The lowest BCUT2D eigenvalue weighted by Gasteiger charge is -2.19. The van der Waals surface area contributed by atoms with Crippen LogP contribution in [-0.2, 0) is 0 Å². The third-order valence-corrected chi connectivity index (χ3v) is 3.19. The average Bonchev–Trinajstić information content (AvgIpc) is 2.73. The summed E-state index contributed by atoms with van der Waals surface area (Å²) in [6.07, 6.45) is 1.77. The number of hydrogen-bond acceptors (Lipinski definition) is 3. The Kier molecular flexibility index (Phi) is 3.37. The SMILES string of the molecule is CC(C)c1nc(C(C)C)n2cnnc2c1C(C)C. The lowest BCUT2D eigenvalue weighted by atomic mass is 9.95. The zero-order valence-electron chi connectivity index (χ0n) is 12.1. The molecule has 0 aliphatic carbocycles. The van der Waals surface area contributed by atoms with Gasteiger partial charge in [-0.1, -0.05) is 41.5 Å². The van der Waals surface area contributed by atoms with Crippen molar-refractivity contribution < 1.29 is 0 Å². The largest absolute Gasteiger partial charge is 0.269 e. The van der Waals surface area contributed by atoms with Crippen molar-refractivity contribution in [2.45, 2.75) is 59.3 Å². The molecule has 0 aliphatic rings. The van der Waals surface area contributed by atoms with Crippen LogP contribution >= 0.6 is 0 Å². The topological polar surface area (TPSA) is 43.1 Å². The van der Waals surface area contributed by atoms with Gasteiger partial charge in [-0.2, -0.15) is 0 Å². The maximum Gasteiger partial charge on any atom is 0.167 e. The molecular formula is C14H22N4. The predicted octanol–water partition coefficient (Wildman–Crippen LogP) is 3.49. The second kappa shape index (κ2) is 4.67. The predicted molar refractivity (Wildman–Crippen MR) is 73.0 cm³/mol. The lowest BCUT2D eigenvalue weighted by molar-refractivity contribution is 0.688. The van der Waals surface area contributed by atoms with Gasteiger partial charge in [0.25, 0.3) is 0 Å². The average molecular weight is 246 g/mol. The van der Waals surface area contributed by atoms with Crippen LogP contribution in [0, 0.1) is 0 Å². The third-order valence-electron chi connectivity index (χ3n) is 3.19. The molecule has 4 heteroatoms. The normalized spacial score (nSPS) is 12.3. The summed E-state index contributed by atoms with van der Waals surface area (Å²) in [7, 11) is 0. The molecule has 18 heavy (non-hydrogen) atoms. The molecule has 0 atom stereocenters. The van der Waals surface area contributed by atoms with Crippen molar-refractivity contribution in [2.24, 2.45) is 0 Å². The van der Waals surface area contributed by atoms with Gasteiger partial charge in [-0.05, 0) is 11.8 Å². The second-order valence-electron chi connectivity index (χ2n) is 5.76. The molecule has 0 saturated carbocycles. The molecule has 0 aliphatic heterocycles. The summed E-state index contributed by atoms with van der Waals surface area (Å²) >= 11 is 0. The van der Waals surface area contributed by atoms with Crippen molar-refractivity contribution in [1.29, 1.82) is 0 Å². The fourth-order valence-electron chi connectivity index (χ4n) is 2.34. The molecule has 2 rings (SSSR count). The molecule has 0 bridgehead atoms. The molecule has 2 aromatic heterocycles. The number of rotatable bonds is 3. The molecule has 4 nitrogen and oxygen atoms in total. The highest BCUT2D eigenvalue weighted by Gasteiger charge is 2.21. The summed E-state index contributed by atoms with van der Waals surface area (Å²) in [5.74, 6) is 2.22. The Hall–Kier alpha value is -1.45. The van der Waals surface area contributed by atoms with Crippen LogP contribution < -0.4 is 0 Å². The first-order valence-corrected chi connectivity index (χ1v) is 6.66. The quantitative estimate of drug-likeness (QED) is 0.832. The summed E-state index contributed by atoms with van der Waals surface area (Å²) < 4.78 is 2.03. The van der Waals surface area contributed by atoms with Crippen molar-refractivity contribution in [1.82, 2.24) is 19.6 Å². The second-order valence-corrected chi connectivity index (χ2v) is 5.76. The Morgan fingerprint density at radius 1 is 0.944 bits per heavy atom. The summed E-state index contributed by atoms with van der Waals surface area (Å²) in [6.45, 7) is 13.1. The maximum atomic E-state index is 4.88. The molecule has 0 saturated heterocycles. The van der Waals surface area contributed by atoms with Gasteiger partial charge in [0.05, 0.1) is 5.69 Å². The Bertz CT molecular complexity index is 552. The van der Waals surface area contributed by atoms with Crippen LogP contribution in [0.4, 0.5) is 0 Å². The van der Waals surface area contributed by atoms with Gasteiger partial charge >= 0.3 is 0 Å². The van der Waals surface area contributed by atoms with E-state index in [0.29, 0.717) is 17.8 Å². The van der Waals surface area contributed by atoms with Gasteiger partial charge in [0.1, 0.15) is 12.2 Å². The highest BCUT2D eigenvalue weighted by atomic mass is 15.2. The summed E-state index contributed by atoms with van der Waals surface area (Å²) in [5.41, 5.74) is 3.36. The molecule has 0 aromatic carbocycles. The van der Waals surface area contributed by atoms with Gasteiger partial charge in [0.2, 0.25) is 0 Å². The summed E-state index contributed by atoms with van der Waals surface area (Å²) in [5, 5.41) is 8.36. The van der Waals surface area contributed by atoms with E-state index in [1.54, 1.807) is 6.33 Å². The van der Waals surface area contributed by atoms with Crippen molar-refractivity contribution in [3.63, 3.8) is 0 Å². The Labute approximate surface area is 108 Å². The Morgan fingerprint density at radius 2 is 1.61 bits per heavy atom. The van der Waals surface area contributed by atoms with Gasteiger partial charge in [-0.15, -0.1) is 10.2 Å². The number of hydrogen-bond donors (Lipinski definition) is 0. The van der Waals surface area contributed by atoms with E-state index >= 15 is 0 Å². The molecule has 0 radical (unpaired) electrons. The van der Waals surface area contributed by atoms with Crippen LogP contribution in [0.25, 0.3) is 5.65 Å². The van der Waals surface area contributed by atoms with Crippen molar-refractivity contribution in [2.75, 3.05) is 0 Å². The molecule has 2 aromatic rings. The van der Waals surface area contributed by atoms with E-state index < -0.39 is 0 Å². The van der Waals surface area contributed by atoms with E-state index in [1.807, 2.05) is 4.40 Å². The first-order chi connectivity index (χ1) is 8.43. The molecule has 0 spiro atoms. The van der Waals surface area contributed by atoms with Gasteiger partial charge in [-0.3, -0.25) is 4.40 Å². The van der Waals surface area contributed by atoms with Gasteiger partial charge in [0.15, 0.2) is 5.65 Å². The summed E-state index contributed by atoms with van der Waals surface area (Å²) in [6, 6.07) is 0. The van der Waals surface area contributed by atoms with Crippen LogP contribution in [0.3, 0.4) is 0 Å². The lowest BCUT2D eigenvalue weighted by Crippen LogP contribution is -2.12. The van der Waals surface area contributed by atoms with E-state index in [0.717, 1.165) is 17.2 Å². The van der Waals surface area contributed by atoms with Crippen LogP contribution in [0.15, 0.2) is 6.33 Å². The molecule has 0 unspecified atom stereocenters. The standard InChI is InChI=1S/C14H22N4/c1-8(2)11-12(9(3)4)16-13(10(5)6)18-7-15-17-14(11)18/h7-10H,1-6H3. The fourth-order valence-corrected chi connectivity index (χ4v) is 2.34. The third kappa shape index (κ3) is 2.00. The number of nitrogens with zero attached hydrogens (tertiary/aromatic N) is 4. The Morgan fingerprint density at radius 3 is 2.11 bits per heavy atom. The minimum Gasteiger partial charge on any atom is -0.269 e. The van der Waals surface area contributed by atoms with Crippen molar-refractivity contribution in [3.05, 3.63) is 23.4 Å². The molecule has 2 heterocycles. The fraction of sp³-hybridized carbons (Fsp3) is 0.643. The summed E-state index contributed by atoms with van der Waals surface area (Å²) in [4.78, 5) is 4.88. The maximum absolute atomic E-state index is 4.88. The highest BCUT2D eigenvalue weighted by Crippen LogP contribution is 2.29. The van der Waals surface area contributed by atoms with Gasteiger partial charge in [0, 0.05) is 11.5 Å². The first-order valence-electron chi connectivity index (χ1n) is 6.66. The van der Waals surface area contributed by atoms with Crippen LogP contribution in [0.2, 0.25) is 0 Å². The smallest absolute Gasteiger partial charge is 0.167 e. The van der Waals surface area contributed by atoms with E-state index in [4.69, 9.17) is 4.98 Å². The molecule has 0 fully saturated rings. The number of fused-ring (bicyclic) bond motifs is 1. The van der Waals surface area contributed by atoms with E-state index in [9.17, 15) is 0 Å². The van der Waals surface area contributed by atoms with Gasteiger partial charge in [-0.25, -0.2) is 4.98 Å². The van der Waals surface area contributed by atoms with Gasteiger partial charge < -0.3 is 0 Å². The highest BCUT2D eigenvalue weighted by molar-refractivity contribution is 5.52. The minimum atomic E-state index is 0.363. The molecule has 98 valence electrons. The zero-order chi connectivity index (χ0) is 13.4.